The number of hydrogen-bond donors (Lipinski definition) is 2. The Morgan fingerprint density at radius 3 is 2.32 bits per heavy atom. The minimum Gasteiger partial charge on any atom is -0.485 e. The van der Waals surface area contributed by atoms with E-state index in [0.717, 1.165) is 5.56 Å². The van der Waals surface area contributed by atoms with Gasteiger partial charge in [-0.2, -0.15) is 0 Å². The molecule has 31 heavy (non-hydrogen) atoms. The number of hydrogen-bond acceptors (Lipinski definition) is 6. The van der Waals surface area contributed by atoms with Crippen LogP contribution in [0.25, 0.3) is 0 Å². The standard InChI is InChI=1S/C23H27NO7/c1-23(2,3)31-22(28)24-14-21(27)30-19-13-16(10-12-20(25)26)9-11-18(19)29-15-17-7-5-4-6-8-17/h4-9,11,13H,10,12,14-15H2,1-3H3,(H,24,28)(H,25,26). The molecule has 0 atom stereocenters. The molecular formula is C23H27NO7. The molecule has 2 aromatic carbocycles. The van der Waals surface area contributed by atoms with E-state index in [1.54, 1.807) is 39.0 Å². The van der Waals surface area contributed by atoms with Crippen LogP contribution in [0, 0.1) is 0 Å². The molecule has 8 heteroatoms. The summed E-state index contributed by atoms with van der Waals surface area (Å²) in [5, 5.41) is 11.2. The molecule has 0 aliphatic rings. The lowest BCUT2D eigenvalue weighted by atomic mass is 10.1. The van der Waals surface area contributed by atoms with Crippen molar-refractivity contribution in [2.24, 2.45) is 0 Å². The summed E-state index contributed by atoms with van der Waals surface area (Å²) in [7, 11) is 0. The van der Waals surface area contributed by atoms with E-state index >= 15 is 0 Å². The summed E-state index contributed by atoms with van der Waals surface area (Å²) in [6.07, 6.45) is -0.521. The molecule has 166 valence electrons. The number of esters is 1. The molecule has 0 spiro atoms. The molecular weight excluding hydrogens is 402 g/mol. The fraction of sp³-hybridized carbons (Fsp3) is 0.348. The summed E-state index contributed by atoms with van der Waals surface area (Å²) < 4.78 is 16.3. The van der Waals surface area contributed by atoms with E-state index in [4.69, 9.17) is 19.3 Å². The maximum Gasteiger partial charge on any atom is 0.408 e. The van der Waals surface area contributed by atoms with Crippen molar-refractivity contribution in [1.82, 2.24) is 5.32 Å². The van der Waals surface area contributed by atoms with Crippen molar-refractivity contribution in [2.75, 3.05) is 6.54 Å². The van der Waals surface area contributed by atoms with Crippen LogP contribution in [0.15, 0.2) is 48.5 Å². The summed E-state index contributed by atoms with van der Waals surface area (Å²) in [5.74, 6) is -1.17. The molecule has 0 aliphatic heterocycles. The van der Waals surface area contributed by atoms with Gasteiger partial charge in [-0.25, -0.2) is 9.59 Å². The Kier molecular flexibility index (Phi) is 8.43. The third kappa shape index (κ3) is 9.20. The molecule has 0 unspecified atom stereocenters. The molecule has 0 aromatic heterocycles. The van der Waals surface area contributed by atoms with E-state index < -0.39 is 30.2 Å². The second-order valence-electron chi connectivity index (χ2n) is 7.78. The smallest absolute Gasteiger partial charge is 0.408 e. The molecule has 2 N–H and O–H groups in total. The van der Waals surface area contributed by atoms with Gasteiger partial charge in [0.2, 0.25) is 0 Å². The minimum absolute atomic E-state index is 0.0577. The maximum absolute atomic E-state index is 12.2. The SMILES string of the molecule is CC(C)(C)OC(=O)NCC(=O)Oc1cc(CCC(=O)O)ccc1OCc1ccccc1. The number of aryl methyl sites for hydroxylation is 1. The van der Waals surface area contributed by atoms with Gasteiger partial charge in [0.25, 0.3) is 0 Å². The van der Waals surface area contributed by atoms with Gasteiger partial charge in [0, 0.05) is 6.42 Å². The van der Waals surface area contributed by atoms with Gasteiger partial charge in [0.1, 0.15) is 18.8 Å². The van der Waals surface area contributed by atoms with E-state index in [-0.39, 0.29) is 25.2 Å². The van der Waals surface area contributed by atoms with Crippen molar-refractivity contribution in [3.8, 4) is 11.5 Å². The van der Waals surface area contributed by atoms with Crippen LogP contribution in [-0.4, -0.2) is 35.3 Å². The van der Waals surface area contributed by atoms with E-state index in [9.17, 15) is 14.4 Å². The number of nitrogens with one attached hydrogen (secondary N) is 1. The second-order valence-corrected chi connectivity index (χ2v) is 7.78. The van der Waals surface area contributed by atoms with Crippen LogP contribution in [0.2, 0.25) is 0 Å². The van der Waals surface area contributed by atoms with Crippen molar-refractivity contribution < 1.29 is 33.7 Å². The van der Waals surface area contributed by atoms with Crippen LogP contribution in [0.1, 0.15) is 38.3 Å². The Morgan fingerprint density at radius 2 is 1.68 bits per heavy atom. The summed E-state index contributed by atoms with van der Waals surface area (Å²) >= 11 is 0. The molecule has 0 fully saturated rings. The fourth-order valence-corrected chi connectivity index (χ4v) is 2.51. The maximum atomic E-state index is 12.2. The van der Waals surface area contributed by atoms with E-state index in [2.05, 4.69) is 5.32 Å². The lowest BCUT2D eigenvalue weighted by Gasteiger charge is -2.19. The zero-order valence-corrected chi connectivity index (χ0v) is 17.8. The Bertz CT molecular complexity index is 904. The number of carboxylic acids is 1. The predicted octanol–water partition coefficient (Wildman–Crippen LogP) is 3.71. The third-order valence-electron chi connectivity index (χ3n) is 3.87. The van der Waals surface area contributed by atoms with Gasteiger partial charge in [0.05, 0.1) is 0 Å². The first-order valence-electron chi connectivity index (χ1n) is 9.81. The molecule has 2 rings (SSSR count). The van der Waals surface area contributed by atoms with Gasteiger partial charge < -0.3 is 24.6 Å². The average Bonchev–Trinajstić information content (AvgIpc) is 2.69. The first-order valence-corrected chi connectivity index (χ1v) is 9.81. The normalized spacial score (nSPS) is 10.8. The van der Waals surface area contributed by atoms with E-state index in [0.29, 0.717) is 11.3 Å². The van der Waals surface area contributed by atoms with Crippen LogP contribution in [-0.2, 0) is 27.4 Å². The van der Waals surface area contributed by atoms with Crippen molar-refractivity contribution in [3.63, 3.8) is 0 Å². The fourth-order valence-electron chi connectivity index (χ4n) is 2.51. The number of amides is 1. The number of benzene rings is 2. The number of alkyl carbamates (subject to hydrolysis) is 1. The van der Waals surface area contributed by atoms with Gasteiger partial charge in [-0.1, -0.05) is 36.4 Å². The lowest BCUT2D eigenvalue weighted by Crippen LogP contribution is -2.36. The molecule has 0 aliphatic carbocycles. The van der Waals surface area contributed by atoms with Crippen LogP contribution in [0.5, 0.6) is 11.5 Å². The second kappa shape index (κ2) is 11.0. The van der Waals surface area contributed by atoms with Crippen LogP contribution in [0.4, 0.5) is 4.79 Å². The zero-order chi connectivity index (χ0) is 22.9. The summed E-state index contributed by atoms with van der Waals surface area (Å²) in [6.45, 7) is 5.00. The summed E-state index contributed by atoms with van der Waals surface area (Å²) in [6, 6.07) is 14.4. The van der Waals surface area contributed by atoms with Crippen LogP contribution < -0.4 is 14.8 Å². The molecule has 1 amide bonds. The molecule has 0 saturated heterocycles. The first-order chi connectivity index (χ1) is 14.6. The predicted molar refractivity (Wildman–Crippen MR) is 113 cm³/mol. The van der Waals surface area contributed by atoms with Gasteiger partial charge in [-0.05, 0) is 50.5 Å². The summed E-state index contributed by atoms with van der Waals surface area (Å²) in [4.78, 5) is 34.8. The number of carbonyl (C=O) groups excluding carboxylic acids is 2. The molecule has 2 aromatic rings. The molecule has 0 saturated carbocycles. The lowest BCUT2D eigenvalue weighted by molar-refractivity contribution is -0.137. The molecule has 0 radical (unpaired) electrons. The number of rotatable bonds is 9. The Hall–Kier alpha value is -3.55. The summed E-state index contributed by atoms with van der Waals surface area (Å²) in [5.41, 5.74) is 0.920. The Labute approximate surface area is 181 Å². The highest BCUT2D eigenvalue weighted by molar-refractivity contribution is 5.80. The Balaban J connectivity index is 2.06. The third-order valence-corrected chi connectivity index (χ3v) is 3.87. The minimum atomic E-state index is -0.926. The van der Waals surface area contributed by atoms with Crippen molar-refractivity contribution in [1.29, 1.82) is 0 Å². The topological polar surface area (TPSA) is 111 Å². The monoisotopic (exact) mass is 429 g/mol. The van der Waals surface area contributed by atoms with Crippen molar-refractivity contribution in [3.05, 3.63) is 59.7 Å². The highest BCUT2D eigenvalue weighted by Crippen LogP contribution is 2.30. The van der Waals surface area contributed by atoms with Crippen LogP contribution in [0.3, 0.4) is 0 Å². The van der Waals surface area contributed by atoms with Crippen molar-refractivity contribution in [2.45, 2.75) is 45.8 Å². The van der Waals surface area contributed by atoms with E-state index in [1.807, 2.05) is 30.3 Å². The molecule has 0 bridgehead atoms. The largest absolute Gasteiger partial charge is 0.485 e. The molecule has 8 nitrogen and oxygen atoms in total. The van der Waals surface area contributed by atoms with Crippen LogP contribution >= 0.6 is 0 Å². The number of ether oxygens (including phenoxy) is 3. The number of aliphatic carboxylic acids is 1. The molecule has 0 heterocycles. The Morgan fingerprint density at radius 1 is 0.968 bits per heavy atom. The quantitative estimate of drug-likeness (QED) is 0.462. The van der Waals surface area contributed by atoms with Gasteiger partial charge in [-0.3, -0.25) is 4.79 Å². The average molecular weight is 429 g/mol. The van der Waals surface area contributed by atoms with E-state index in [1.165, 1.54) is 0 Å². The van der Waals surface area contributed by atoms with Crippen molar-refractivity contribution >= 4 is 18.0 Å². The van der Waals surface area contributed by atoms with Gasteiger partial charge >= 0.3 is 18.0 Å². The highest BCUT2D eigenvalue weighted by Gasteiger charge is 2.18. The number of carboxylic acid groups (broad SMARTS) is 1. The zero-order valence-electron chi connectivity index (χ0n) is 17.8. The number of carbonyl (C=O) groups is 3. The first kappa shape index (κ1) is 23.7. The van der Waals surface area contributed by atoms with Gasteiger partial charge in [0.15, 0.2) is 11.5 Å². The highest BCUT2D eigenvalue weighted by atomic mass is 16.6. The van der Waals surface area contributed by atoms with Gasteiger partial charge in [-0.15, -0.1) is 0 Å².